The predicted octanol–water partition coefficient (Wildman–Crippen LogP) is 5.97. The van der Waals surface area contributed by atoms with Gasteiger partial charge >= 0.3 is 0 Å². The number of fused-ring (bicyclic) bond motifs is 3. The van der Waals surface area contributed by atoms with Crippen molar-refractivity contribution in [3.63, 3.8) is 0 Å². The lowest BCUT2D eigenvalue weighted by molar-refractivity contribution is -0.136. The van der Waals surface area contributed by atoms with Crippen LogP contribution in [0.1, 0.15) is 36.4 Å². The average Bonchev–Trinajstić information content (AvgIpc) is 3.81. The molecule has 4 aliphatic rings. The van der Waals surface area contributed by atoms with Gasteiger partial charge in [0.15, 0.2) is 12.1 Å². The number of anilines is 1. The lowest BCUT2D eigenvalue weighted by Crippen LogP contribution is -2.45. The number of ether oxygens (including phenoxy) is 2. The highest BCUT2D eigenvalue weighted by atomic mass is 16.5. The van der Waals surface area contributed by atoms with E-state index in [-0.39, 0.29) is 24.4 Å². The van der Waals surface area contributed by atoms with E-state index in [1.807, 2.05) is 84.9 Å². The van der Waals surface area contributed by atoms with Crippen LogP contribution in [-0.2, 0) is 14.4 Å². The molecule has 1 saturated carbocycles. The van der Waals surface area contributed by atoms with E-state index < -0.39 is 23.9 Å². The molecule has 2 fully saturated rings. The third kappa shape index (κ3) is 5.22. The Kier molecular flexibility index (Phi) is 7.66. The van der Waals surface area contributed by atoms with Crippen molar-refractivity contribution >= 4 is 46.0 Å². The molecule has 3 aliphatic heterocycles. The van der Waals surface area contributed by atoms with Gasteiger partial charge in [0.05, 0.1) is 31.7 Å². The molecule has 0 bridgehead atoms. The molecule has 0 aromatic heterocycles. The monoisotopic (exact) mass is 654 g/mol. The zero-order chi connectivity index (χ0) is 33.6. The minimum atomic E-state index is -1.02. The molecular formula is C38H34N6O5. The molecule has 4 aromatic carbocycles. The molecule has 11 nitrogen and oxygen atoms in total. The van der Waals surface area contributed by atoms with Crippen LogP contribution >= 0.6 is 0 Å². The zero-order valence-corrected chi connectivity index (χ0v) is 27.1. The standard InChI is InChI=1S/C38H34N6O5/c1-48-27-17-13-23(14-18-27)21-26-9-5-11-30-33(26)40-44(35(30)25-15-19-28(49-2)20-16-25)32(45)22-42-36-34(39-41-42)37(46)43(38(36)47)31-12-6-8-24-7-3-4-10-29(24)31/h3-4,6-8,10,12-21,30,34-36H,5,9,11,22H2,1-2H3/b26-21+/t30-,34+,35+,36-/m1/s1. The maximum absolute atomic E-state index is 14.3. The van der Waals surface area contributed by atoms with E-state index in [2.05, 4.69) is 16.4 Å². The number of imide groups is 1. The Morgan fingerprint density at radius 1 is 0.857 bits per heavy atom. The maximum Gasteiger partial charge on any atom is 0.264 e. The molecule has 4 atom stereocenters. The Hall–Kier alpha value is -5.84. The Labute approximate surface area is 283 Å². The fraction of sp³-hybridized carbons (Fsp3) is 0.263. The number of carbonyl (C=O) groups excluding carboxylic acids is 3. The quantitative estimate of drug-likeness (QED) is 0.227. The second-order valence-corrected chi connectivity index (χ2v) is 12.6. The number of hydrogen-bond acceptors (Lipinski definition) is 9. The van der Waals surface area contributed by atoms with Crippen LogP contribution in [0.15, 0.2) is 112 Å². The van der Waals surface area contributed by atoms with E-state index in [1.165, 1.54) is 9.91 Å². The maximum atomic E-state index is 14.3. The van der Waals surface area contributed by atoms with E-state index in [9.17, 15) is 14.4 Å². The van der Waals surface area contributed by atoms with Crippen molar-refractivity contribution in [2.45, 2.75) is 37.4 Å². The molecule has 246 valence electrons. The first-order valence-electron chi connectivity index (χ1n) is 16.4. The first-order chi connectivity index (χ1) is 23.9. The first-order valence-corrected chi connectivity index (χ1v) is 16.4. The number of amides is 3. The van der Waals surface area contributed by atoms with Crippen molar-refractivity contribution in [2.75, 3.05) is 25.7 Å². The van der Waals surface area contributed by atoms with Gasteiger partial charge < -0.3 is 9.47 Å². The van der Waals surface area contributed by atoms with Gasteiger partial charge in [0.25, 0.3) is 17.7 Å². The lowest BCUT2D eigenvalue weighted by atomic mass is 9.77. The summed E-state index contributed by atoms with van der Waals surface area (Å²) in [6.45, 7) is -0.263. The minimum Gasteiger partial charge on any atom is -0.497 e. The minimum absolute atomic E-state index is 0.0277. The summed E-state index contributed by atoms with van der Waals surface area (Å²) in [5.74, 6) is 0.217. The van der Waals surface area contributed by atoms with Crippen LogP contribution in [0.2, 0.25) is 0 Å². The Morgan fingerprint density at radius 2 is 1.57 bits per heavy atom. The van der Waals surface area contributed by atoms with Crippen LogP contribution in [0.4, 0.5) is 5.69 Å². The topological polar surface area (TPSA) is 116 Å². The molecule has 0 N–H and O–H groups in total. The zero-order valence-electron chi connectivity index (χ0n) is 27.1. The van der Waals surface area contributed by atoms with Crippen LogP contribution in [0.25, 0.3) is 16.8 Å². The third-order valence-electron chi connectivity index (χ3n) is 9.83. The van der Waals surface area contributed by atoms with E-state index in [0.717, 1.165) is 58.2 Å². The Morgan fingerprint density at radius 3 is 2.33 bits per heavy atom. The van der Waals surface area contributed by atoms with Gasteiger partial charge in [-0.25, -0.2) is 9.91 Å². The highest BCUT2D eigenvalue weighted by molar-refractivity contribution is 6.27. The summed E-state index contributed by atoms with van der Waals surface area (Å²) < 4.78 is 10.7. The number of nitrogens with zero attached hydrogens (tertiary/aromatic N) is 6. The number of benzene rings is 4. The molecule has 0 unspecified atom stereocenters. The SMILES string of the molecule is COc1ccc(/C=C2\CCC[C@@H]3C2=NN(C(=O)CN2N=N[C@@H]4C(=O)N(c5cccc6ccccc56)C(=O)[C@@H]42)[C@H]3c2ccc(OC)cc2)cc1. The predicted molar refractivity (Wildman–Crippen MR) is 184 cm³/mol. The Balaban J connectivity index is 1.10. The lowest BCUT2D eigenvalue weighted by Gasteiger charge is -2.30. The van der Waals surface area contributed by atoms with Gasteiger partial charge in [-0.1, -0.05) is 65.9 Å². The molecular weight excluding hydrogens is 620 g/mol. The second-order valence-electron chi connectivity index (χ2n) is 12.6. The fourth-order valence-corrected chi connectivity index (χ4v) is 7.45. The molecule has 4 aromatic rings. The highest BCUT2D eigenvalue weighted by Crippen LogP contribution is 2.45. The normalized spacial score (nSPS) is 23.7. The van der Waals surface area contributed by atoms with Crippen molar-refractivity contribution in [3.8, 4) is 11.5 Å². The summed E-state index contributed by atoms with van der Waals surface area (Å²) in [5.41, 5.74) is 4.41. The number of hydrogen-bond donors (Lipinski definition) is 0. The van der Waals surface area contributed by atoms with Crippen LogP contribution < -0.4 is 14.4 Å². The molecule has 1 aliphatic carbocycles. The van der Waals surface area contributed by atoms with Crippen molar-refractivity contribution in [1.29, 1.82) is 0 Å². The first kappa shape index (κ1) is 30.5. The molecule has 3 amide bonds. The summed E-state index contributed by atoms with van der Waals surface area (Å²) in [5, 5.41) is 17.9. The van der Waals surface area contributed by atoms with Gasteiger partial charge in [-0.3, -0.25) is 19.4 Å². The van der Waals surface area contributed by atoms with Crippen LogP contribution in [0.5, 0.6) is 11.5 Å². The van der Waals surface area contributed by atoms with Crippen LogP contribution in [0.3, 0.4) is 0 Å². The molecule has 49 heavy (non-hydrogen) atoms. The van der Waals surface area contributed by atoms with Gasteiger partial charge in [0.2, 0.25) is 0 Å². The summed E-state index contributed by atoms with van der Waals surface area (Å²) in [6.07, 6.45) is 4.78. The number of carbonyl (C=O) groups is 3. The Bertz CT molecular complexity index is 2050. The van der Waals surface area contributed by atoms with Gasteiger partial charge in [0, 0.05) is 11.3 Å². The van der Waals surface area contributed by atoms with Crippen molar-refractivity contribution in [2.24, 2.45) is 21.4 Å². The smallest absolute Gasteiger partial charge is 0.264 e. The number of methoxy groups -OCH3 is 2. The van der Waals surface area contributed by atoms with E-state index in [4.69, 9.17) is 14.6 Å². The molecule has 11 heteroatoms. The molecule has 0 radical (unpaired) electrons. The number of hydrazone groups is 1. The summed E-state index contributed by atoms with van der Waals surface area (Å²) >= 11 is 0. The van der Waals surface area contributed by atoms with Gasteiger partial charge in [0.1, 0.15) is 18.0 Å². The van der Waals surface area contributed by atoms with Gasteiger partial charge in [-0.2, -0.15) is 10.2 Å². The third-order valence-corrected chi connectivity index (χ3v) is 9.83. The molecule has 0 spiro atoms. The van der Waals surface area contributed by atoms with Crippen molar-refractivity contribution in [1.82, 2.24) is 10.0 Å². The highest BCUT2D eigenvalue weighted by Gasteiger charge is 2.56. The van der Waals surface area contributed by atoms with Crippen LogP contribution in [-0.4, -0.2) is 66.3 Å². The summed E-state index contributed by atoms with van der Waals surface area (Å²) in [4.78, 5) is 43.0. The molecule has 3 heterocycles. The molecule has 8 rings (SSSR count). The van der Waals surface area contributed by atoms with Gasteiger partial charge in [-0.15, -0.1) is 0 Å². The van der Waals surface area contributed by atoms with Gasteiger partial charge in [-0.05, 0) is 77.8 Å². The van der Waals surface area contributed by atoms with E-state index >= 15 is 0 Å². The van der Waals surface area contributed by atoms with Crippen LogP contribution in [0, 0.1) is 5.92 Å². The summed E-state index contributed by atoms with van der Waals surface area (Å²) in [6, 6.07) is 26.3. The molecule has 1 saturated heterocycles. The average molecular weight is 655 g/mol. The van der Waals surface area contributed by atoms with Crippen molar-refractivity contribution < 1.29 is 23.9 Å². The number of rotatable bonds is 7. The second kappa shape index (κ2) is 12.3. The largest absolute Gasteiger partial charge is 0.497 e. The van der Waals surface area contributed by atoms with E-state index in [1.54, 1.807) is 25.3 Å². The van der Waals surface area contributed by atoms with E-state index in [0.29, 0.717) is 11.4 Å². The number of allylic oxidation sites excluding steroid dienone is 1. The fourth-order valence-electron chi connectivity index (χ4n) is 7.45. The summed E-state index contributed by atoms with van der Waals surface area (Å²) in [7, 11) is 3.26. The van der Waals surface area contributed by atoms with Crippen molar-refractivity contribution in [3.05, 3.63) is 108 Å².